The second-order valence-corrected chi connectivity index (χ2v) is 6.85. The molecular weight excluding hydrogens is 308 g/mol. The van der Waals surface area contributed by atoms with E-state index < -0.39 is 0 Å². The second-order valence-electron chi connectivity index (χ2n) is 5.80. The van der Waals surface area contributed by atoms with E-state index in [1.807, 2.05) is 24.3 Å². The minimum absolute atomic E-state index is 0.107. The van der Waals surface area contributed by atoms with E-state index in [4.69, 9.17) is 4.42 Å². The van der Waals surface area contributed by atoms with E-state index in [0.717, 1.165) is 24.4 Å². The molecule has 4 nitrogen and oxygen atoms in total. The molecule has 3 rings (SSSR count). The zero-order valence-corrected chi connectivity index (χ0v) is 13.9. The smallest absolute Gasteiger partial charge is 0.287 e. The van der Waals surface area contributed by atoms with Crippen molar-refractivity contribution < 1.29 is 9.21 Å². The molecule has 1 aliphatic rings. The fourth-order valence-electron chi connectivity index (χ4n) is 2.74. The molecule has 1 amide bonds. The molecule has 1 aromatic carbocycles. The second kappa shape index (κ2) is 8.22. The molecule has 1 atom stereocenters. The highest BCUT2D eigenvalue weighted by atomic mass is 32.2. The van der Waals surface area contributed by atoms with Crippen molar-refractivity contribution in [2.24, 2.45) is 5.92 Å². The maximum absolute atomic E-state index is 12.3. The third-order valence-corrected chi connectivity index (χ3v) is 5.10. The van der Waals surface area contributed by atoms with Crippen molar-refractivity contribution >= 4 is 17.7 Å². The number of hydrogen-bond acceptors (Lipinski definition) is 4. The molecule has 5 heteroatoms. The van der Waals surface area contributed by atoms with Crippen molar-refractivity contribution in [3.05, 3.63) is 54.0 Å². The highest BCUT2D eigenvalue weighted by Gasteiger charge is 2.18. The van der Waals surface area contributed by atoms with Crippen molar-refractivity contribution in [3.8, 4) is 0 Å². The van der Waals surface area contributed by atoms with E-state index in [2.05, 4.69) is 22.8 Å². The van der Waals surface area contributed by atoms with Crippen LogP contribution in [0.3, 0.4) is 0 Å². The molecule has 0 radical (unpaired) electrons. The van der Waals surface area contributed by atoms with E-state index in [-0.39, 0.29) is 5.91 Å². The maximum Gasteiger partial charge on any atom is 0.287 e. The van der Waals surface area contributed by atoms with Gasteiger partial charge in [0.25, 0.3) is 5.91 Å². The number of carbonyl (C=O) groups excluding carboxylic acids is 1. The first-order valence-corrected chi connectivity index (χ1v) is 9.04. The summed E-state index contributed by atoms with van der Waals surface area (Å²) in [6, 6.07) is 12.1. The summed E-state index contributed by atoms with van der Waals surface area (Å²) in [6.45, 7) is 2.77. The average Bonchev–Trinajstić information content (AvgIpc) is 3.08. The van der Waals surface area contributed by atoms with Crippen LogP contribution >= 0.6 is 11.8 Å². The van der Waals surface area contributed by atoms with Gasteiger partial charge < -0.3 is 15.1 Å². The number of furan rings is 1. The molecule has 0 bridgehead atoms. The Balaban J connectivity index is 1.53. The summed E-state index contributed by atoms with van der Waals surface area (Å²) < 4.78 is 5.41. The molecule has 2 N–H and O–H groups in total. The molecular formula is C18H22N2O2S. The van der Waals surface area contributed by atoms with Crippen LogP contribution in [0.1, 0.15) is 29.0 Å². The lowest BCUT2D eigenvalue weighted by Gasteiger charge is -2.22. The van der Waals surface area contributed by atoms with Crippen LogP contribution in [-0.2, 0) is 5.75 Å². The van der Waals surface area contributed by atoms with Crippen molar-refractivity contribution in [3.63, 3.8) is 0 Å². The van der Waals surface area contributed by atoms with Crippen LogP contribution in [0.4, 0.5) is 0 Å². The number of rotatable bonds is 6. The first-order valence-electron chi connectivity index (χ1n) is 8.06. The van der Waals surface area contributed by atoms with Gasteiger partial charge in [-0.05, 0) is 50.0 Å². The molecule has 0 spiro atoms. The Labute approximate surface area is 141 Å². The monoisotopic (exact) mass is 330 g/mol. The van der Waals surface area contributed by atoms with Crippen molar-refractivity contribution in [1.82, 2.24) is 10.6 Å². The van der Waals surface area contributed by atoms with E-state index in [0.29, 0.717) is 18.2 Å². The summed E-state index contributed by atoms with van der Waals surface area (Å²) in [7, 11) is 0. The van der Waals surface area contributed by atoms with E-state index in [1.165, 1.54) is 17.7 Å². The lowest BCUT2D eigenvalue weighted by atomic mass is 10.00. The summed E-state index contributed by atoms with van der Waals surface area (Å²) in [5.74, 6) is 1.58. The van der Waals surface area contributed by atoms with Gasteiger partial charge in [-0.1, -0.05) is 18.2 Å². The van der Waals surface area contributed by atoms with E-state index >= 15 is 0 Å². The third kappa shape index (κ3) is 4.62. The molecule has 1 fully saturated rings. The average molecular weight is 330 g/mol. The lowest BCUT2D eigenvalue weighted by molar-refractivity contribution is 0.0916. The van der Waals surface area contributed by atoms with Crippen LogP contribution in [0.25, 0.3) is 0 Å². The fraction of sp³-hybridized carbons (Fsp3) is 0.389. The number of thioether (sulfide) groups is 1. The summed E-state index contributed by atoms with van der Waals surface area (Å²) in [4.78, 5) is 13.5. The Morgan fingerprint density at radius 2 is 2.17 bits per heavy atom. The number of amides is 1. The first-order chi connectivity index (χ1) is 11.3. The number of nitrogens with one attached hydrogen (secondary N) is 2. The standard InChI is InChI=1S/C18H22N2O2S/c21-18(20-12-14-5-4-9-19-11-14)17-15(8-10-22-17)13-23-16-6-2-1-3-7-16/h1-3,6-8,10,14,19H,4-5,9,11-13H2,(H,20,21). The maximum atomic E-state index is 12.3. The van der Waals surface area contributed by atoms with Gasteiger partial charge in [0, 0.05) is 22.8 Å². The Hall–Kier alpha value is -1.72. The number of piperidine rings is 1. The lowest BCUT2D eigenvalue weighted by Crippen LogP contribution is -2.38. The van der Waals surface area contributed by atoms with Crippen LogP contribution < -0.4 is 10.6 Å². The first kappa shape index (κ1) is 16.1. The summed E-state index contributed by atoms with van der Waals surface area (Å²) in [5.41, 5.74) is 0.943. The summed E-state index contributed by atoms with van der Waals surface area (Å²) >= 11 is 1.71. The predicted molar refractivity (Wildman–Crippen MR) is 92.6 cm³/mol. The number of benzene rings is 1. The molecule has 122 valence electrons. The van der Waals surface area contributed by atoms with Crippen LogP contribution in [0, 0.1) is 5.92 Å². The normalized spacial score (nSPS) is 17.8. The van der Waals surface area contributed by atoms with Gasteiger partial charge in [0.05, 0.1) is 6.26 Å². The highest BCUT2D eigenvalue weighted by molar-refractivity contribution is 7.98. The van der Waals surface area contributed by atoms with Crippen LogP contribution in [-0.4, -0.2) is 25.5 Å². The Morgan fingerprint density at radius 3 is 2.96 bits per heavy atom. The number of hydrogen-bond donors (Lipinski definition) is 2. The van der Waals surface area contributed by atoms with Gasteiger partial charge in [-0.3, -0.25) is 4.79 Å². The Kier molecular flexibility index (Phi) is 5.77. The van der Waals surface area contributed by atoms with Crippen LogP contribution in [0.15, 0.2) is 52.0 Å². The van der Waals surface area contributed by atoms with Gasteiger partial charge in [-0.25, -0.2) is 0 Å². The van der Waals surface area contributed by atoms with Crippen molar-refractivity contribution in [1.29, 1.82) is 0 Å². The van der Waals surface area contributed by atoms with Gasteiger partial charge >= 0.3 is 0 Å². The van der Waals surface area contributed by atoms with Gasteiger partial charge in [0.1, 0.15) is 0 Å². The van der Waals surface area contributed by atoms with Gasteiger partial charge in [0.15, 0.2) is 5.76 Å². The predicted octanol–water partition coefficient (Wildman–Crippen LogP) is 3.30. The SMILES string of the molecule is O=C(NCC1CCCNC1)c1occc1CSc1ccccc1. The highest BCUT2D eigenvalue weighted by Crippen LogP contribution is 2.24. The van der Waals surface area contributed by atoms with Crippen LogP contribution in [0.5, 0.6) is 0 Å². The topological polar surface area (TPSA) is 54.3 Å². The third-order valence-electron chi connectivity index (χ3n) is 4.04. The minimum atomic E-state index is -0.107. The van der Waals surface area contributed by atoms with Gasteiger partial charge in [0.2, 0.25) is 0 Å². The molecule has 0 aliphatic carbocycles. The van der Waals surface area contributed by atoms with E-state index in [9.17, 15) is 4.79 Å². The zero-order valence-electron chi connectivity index (χ0n) is 13.1. The van der Waals surface area contributed by atoms with Crippen LogP contribution in [0.2, 0.25) is 0 Å². The molecule has 2 heterocycles. The van der Waals surface area contributed by atoms with Crippen molar-refractivity contribution in [2.75, 3.05) is 19.6 Å². The molecule has 1 saturated heterocycles. The number of carbonyl (C=O) groups is 1. The van der Waals surface area contributed by atoms with Gasteiger partial charge in [-0.15, -0.1) is 11.8 Å². The fourth-order valence-corrected chi connectivity index (χ4v) is 3.64. The zero-order chi connectivity index (χ0) is 15.9. The molecule has 0 saturated carbocycles. The molecule has 2 aromatic rings. The molecule has 23 heavy (non-hydrogen) atoms. The molecule has 1 aliphatic heterocycles. The Bertz CT molecular complexity index is 621. The Morgan fingerprint density at radius 1 is 1.30 bits per heavy atom. The summed E-state index contributed by atoms with van der Waals surface area (Å²) in [6.07, 6.45) is 3.94. The quantitative estimate of drug-likeness (QED) is 0.798. The summed E-state index contributed by atoms with van der Waals surface area (Å²) in [5, 5.41) is 6.38. The molecule has 1 aromatic heterocycles. The van der Waals surface area contributed by atoms with Crippen molar-refractivity contribution in [2.45, 2.75) is 23.5 Å². The minimum Gasteiger partial charge on any atom is -0.459 e. The molecule has 1 unspecified atom stereocenters. The van der Waals surface area contributed by atoms with Gasteiger partial charge in [-0.2, -0.15) is 0 Å². The largest absolute Gasteiger partial charge is 0.459 e. The van der Waals surface area contributed by atoms with E-state index in [1.54, 1.807) is 18.0 Å².